The minimum atomic E-state index is -0.968. The van der Waals surface area contributed by atoms with Crippen LogP contribution in [0.3, 0.4) is 0 Å². The van der Waals surface area contributed by atoms with E-state index in [1.807, 2.05) is 31.2 Å². The van der Waals surface area contributed by atoms with Crippen LogP contribution in [-0.4, -0.2) is 74.3 Å². The van der Waals surface area contributed by atoms with Crippen LogP contribution < -0.4 is 4.74 Å². The molecule has 0 saturated heterocycles. The van der Waals surface area contributed by atoms with Gasteiger partial charge in [0.15, 0.2) is 6.10 Å². The number of carboxylic acid groups (broad SMARTS) is 1. The van der Waals surface area contributed by atoms with Gasteiger partial charge in [-0.25, -0.2) is 9.59 Å². The summed E-state index contributed by atoms with van der Waals surface area (Å²) in [6, 6.07) is 7.31. The number of nitrogens with zero attached hydrogens (tertiary/aromatic N) is 1. The van der Waals surface area contributed by atoms with Crippen molar-refractivity contribution in [2.75, 3.05) is 46.1 Å². The fraction of sp³-hybridized carbons (Fsp3) is 0.667. The van der Waals surface area contributed by atoms with Gasteiger partial charge in [-0.15, -0.1) is 0 Å². The highest BCUT2D eigenvalue weighted by atomic mass is 16.6. The van der Waals surface area contributed by atoms with Crippen LogP contribution in [0.4, 0.5) is 4.79 Å². The van der Waals surface area contributed by atoms with Gasteiger partial charge in [0.2, 0.25) is 0 Å². The molecule has 1 amide bonds. The van der Waals surface area contributed by atoms with Crippen molar-refractivity contribution in [3.8, 4) is 5.75 Å². The van der Waals surface area contributed by atoms with E-state index in [1.54, 1.807) is 11.8 Å². The van der Waals surface area contributed by atoms with E-state index >= 15 is 0 Å². The highest BCUT2D eigenvalue weighted by molar-refractivity contribution is 5.72. The number of ether oxygens (including phenoxy) is 4. The molecule has 0 bridgehead atoms. The molecule has 0 aromatic heterocycles. The average molecular weight is 454 g/mol. The van der Waals surface area contributed by atoms with Crippen LogP contribution in [0.5, 0.6) is 5.75 Å². The summed E-state index contributed by atoms with van der Waals surface area (Å²) < 4.78 is 21.9. The Morgan fingerprint density at radius 2 is 1.69 bits per heavy atom. The summed E-state index contributed by atoms with van der Waals surface area (Å²) in [6.45, 7) is 9.25. The molecular formula is C24H39NO7. The molecule has 0 saturated carbocycles. The first-order valence-electron chi connectivity index (χ1n) is 11.6. The number of hydrogen-bond acceptors (Lipinski definition) is 6. The van der Waals surface area contributed by atoms with E-state index in [9.17, 15) is 14.7 Å². The van der Waals surface area contributed by atoms with E-state index in [0.29, 0.717) is 64.7 Å². The van der Waals surface area contributed by atoms with Gasteiger partial charge in [-0.1, -0.05) is 32.4 Å². The number of amides is 1. The van der Waals surface area contributed by atoms with Crippen molar-refractivity contribution >= 4 is 12.1 Å². The van der Waals surface area contributed by atoms with Crippen LogP contribution in [0.2, 0.25) is 0 Å². The predicted molar refractivity (Wildman–Crippen MR) is 122 cm³/mol. The Balaban J connectivity index is 2.43. The van der Waals surface area contributed by atoms with Gasteiger partial charge in [0.05, 0.1) is 19.8 Å². The number of rotatable bonds is 18. The number of aliphatic carboxylic acids is 1. The van der Waals surface area contributed by atoms with Gasteiger partial charge in [-0.2, -0.15) is 0 Å². The maximum atomic E-state index is 12.3. The van der Waals surface area contributed by atoms with Crippen LogP contribution in [-0.2, 0) is 25.4 Å². The lowest BCUT2D eigenvalue weighted by atomic mass is 10.1. The van der Waals surface area contributed by atoms with Crippen molar-refractivity contribution in [2.24, 2.45) is 0 Å². The molecule has 32 heavy (non-hydrogen) atoms. The van der Waals surface area contributed by atoms with Gasteiger partial charge in [-0.3, -0.25) is 0 Å². The number of hydrogen-bond donors (Lipinski definition) is 1. The first kappa shape index (κ1) is 27.7. The third-order valence-electron chi connectivity index (χ3n) is 4.66. The lowest BCUT2D eigenvalue weighted by Crippen LogP contribution is -2.36. The molecule has 0 heterocycles. The second-order valence-electron chi connectivity index (χ2n) is 7.40. The van der Waals surface area contributed by atoms with Crippen LogP contribution in [0.15, 0.2) is 24.3 Å². The molecular weight excluding hydrogens is 414 g/mol. The van der Waals surface area contributed by atoms with E-state index in [1.165, 1.54) is 0 Å². The Labute approximate surface area is 191 Å². The van der Waals surface area contributed by atoms with E-state index in [-0.39, 0.29) is 6.09 Å². The summed E-state index contributed by atoms with van der Waals surface area (Å²) in [5.74, 6) is -0.273. The number of unbranched alkanes of at least 4 members (excludes halogenated alkanes) is 1. The van der Waals surface area contributed by atoms with E-state index in [4.69, 9.17) is 18.9 Å². The molecule has 1 unspecified atom stereocenters. The van der Waals surface area contributed by atoms with Crippen LogP contribution in [0.25, 0.3) is 0 Å². The molecule has 1 N–H and O–H groups in total. The molecule has 0 fully saturated rings. The van der Waals surface area contributed by atoms with Gasteiger partial charge >= 0.3 is 12.1 Å². The highest BCUT2D eigenvalue weighted by Crippen LogP contribution is 2.15. The number of carbonyl (C=O) groups is 2. The molecule has 1 aromatic carbocycles. The maximum absolute atomic E-state index is 12.3. The first-order valence-corrected chi connectivity index (χ1v) is 11.6. The zero-order valence-corrected chi connectivity index (χ0v) is 19.7. The Bertz CT molecular complexity index is 636. The molecule has 0 aliphatic carbocycles. The van der Waals surface area contributed by atoms with Crippen molar-refractivity contribution in [1.29, 1.82) is 0 Å². The number of benzene rings is 1. The Kier molecular flexibility index (Phi) is 14.9. The van der Waals surface area contributed by atoms with Crippen LogP contribution in [0.1, 0.15) is 52.0 Å². The topological polar surface area (TPSA) is 94.5 Å². The van der Waals surface area contributed by atoms with Crippen molar-refractivity contribution in [3.05, 3.63) is 29.8 Å². The largest absolute Gasteiger partial charge is 0.494 e. The number of carboxylic acids is 1. The summed E-state index contributed by atoms with van der Waals surface area (Å²) >= 11 is 0. The standard InChI is InChI=1S/C24H39NO7/c1-4-7-16-29-18-14-25(24(28)32-15-5-2)13-8-17-31-21-11-9-20(10-12-21)19-22(23(26)27)30-6-3/h9-12,22H,4-8,13-19H2,1-3H3,(H,26,27). The quantitative estimate of drug-likeness (QED) is 0.334. The third kappa shape index (κ3) is 11.9. The van der Waals surface area contributed by atoms with Gasteiger partial charge < -0.3 is 29.0 Å². The summed E-state index contributed by atoms with van der Waals surface area (Å²) in [6.07, 6.45) is 2.66. The molecule has 1 atom stereocenters. The first-order chi connectivity index (χ1) is 15.5. The maximum Gasteiger partial charge on any atom is 0.409 e. The third-order valence-corrected chi connectivity index (χ3v) is 4.66. The monoisotopic (exact) mass is 453 g/mol. The molecule has 0 radical (unpaired) electrons. The predicted octanol–water partition coefficient (Wildman–Crippen LogP) is 4.15. The molecule has 0 aliphatic heterocycles. The second-order valence-corrected chi connectivity index (χ2v) is 7.40. The average Bonchev–Trinajstić information content (AvgIpc) is 2.79. The molecule has 1 rings (SSSR count). The van der Waals surface area contributed by atoms with Crippen molar-refractivity contribution in [1.82, 2.24) is 4.90 Å². The second kappa shape index (κ2) is 17.3. The fourth-order valence-corrected chi connectivity index (χ4v) is 2.90. The normalized spacial score (nSPS) is 11.7. The summed E-state index contributed by atoms with van der Waals surface area (Å²) in [5, 5.41) is 9.19. The molecule has 1 aromatic rings. The minimum Gasteiger partial charge on any atom is -0.494 e. The van der Waals surface area contributed by atoms with E-state index < -0.39 is 12.1 Å². The molecule has 8 heteroatoms. The smallest absolute Gasteiger partial charge is 0.409 e. The minimum absolute atomic E-state index is 0.304. The zero-order chi connectivity index (χ0) is 23.6. The highest BCUT2D eigenvalue weighted by Gasteiger charge is 2.18. The molecule has 0 aliphatic rings. The van der Waals surface area contributed by atoms with Crippen LogP contribution in [0, 0.1) is 0 Å². The summed E-state index contributed by atoms with van der Waals surface area (Å²) in [7, 11) is 0. The number of carbonyl (C=O) groups excluding carboxylic acids is 1. The van der Waals surface area contributed by atoms with E-state index in [0.717, 1.165) is 24.8 Å². The summed E-state index contributed by atoms with van der Waals surface area (Å²) in [4.78, 5) is 25.1. The SMILES string of the molecule is CCCCOCCN(CCCOc1ccc(CC(OCC)C(=O)O)cc1)C(=O)OCCC. The fourth-order valence-electron chi connectivity index (χ4n) is 2.90. The van der Waals surface area contributed by atoms with Gasteiger partial charge in [0.1, 0.15) is 5.75 Å². The zero-order valence-electron chi connectivity index (χ0n) is 19.7. The van der Waals surface area contributed by atoms with Gasteiger partial charge in [0.25, 0.3) is 0 Å². The van der Waals surface area contributed by atoms with Crippen molar-refractivity contribution in [2.45, 2.75) is 59.0 Å². The molecule has 8 nitrogen and oxygen atoms in total. The lowest BCUT2D eigenvalue weighted by Gasteiger charge is -2.22. The molecule has 182 valence electrons. The summed E-state index contributed by atoms with van der Waals surface area (Å²) in [5.41, 5.74) is 0.867. The van der Waals surface area contributed by atoms with E-state index in [2.05, 4.69) is 6.92 Å². The Morgan fingerprint density at radius 3 is 2.31 bits per heavy atom. The molecule has 0 spiro atoms. The van der Waals surface area contributed by atoms with Gasteiger partial charge in [0, 0.05) is 32.7 Å². The van der Waals surface area contributed by atoms with Gasteiger partial charge in [-0.05, 0) is 43.9 Å². The lowest BCUT2D eigenvalue weighted by molar-refractivity contribution is -0.149. The van der Waals surface area contributed by atoms with Crippen molar-refractivity contribution in [3.63, 3.8) is 0 Å². The Morgan fingerprint density at radius 1 is 0.938 bits per heavy atom. The van der Waals surface area contributed by atoms with Crippen molar-refractivity contribution < 1.29 is 33.6 Å². The Hall–Kier alpha value is -2.32. The van der Waals surface area contributed by atoms with Crippen LogP contribution >= 0.6 is 0 Å².